The standard InChI is InChI=1S/C16H19NO3S/c18-16(19)15-13(12-3-1-2-4-14(12)21-15)9-17-7-8-20-10-11-5-6-11/h1-4,11,17H,5-10H2,(H,18,19). The lowest BCUT2D eigenvalue weighted by atomic mass is 10.1. The number of benzene rings is 1. The topological polar surface area (TPSA) is 58.6 Å². The van der Waals surface area contributed by atoms with E-state index in [0.717, 1.165) is 34.7 Å². The normalized spacial score (nSPS) is 14.7. The van der Waals surface area contributed by atoms with Gasteiger partial charge >= 0.3 is 5.97 Å². The van der Waals surface area contributed by atoms with Crippen LogP contribution in [0.15, 0.2) is 24.3 Å². The van der Waals surface area contributed by atoms with Gasteiger partial charge in [0.15, 0.2) is 0 Å². The summed E-state index contributed by atoms with van der Waals surface area (Å²) in [6.45, 7) is 2.86. The molecule has 1 fully saturated rings. The number of hydrogen-bond acceptors (Lipinski definition) is 4. The Kier molecular flexibility index (Phi) is 4.53. The average molecular weight is 305 g/mol. The molecule has 0 bridgehead atoms. The van der Waals surface area contributed by atoms with E-state index < -0.39 is 5.97 Å². The summed E-state index contributed by atoms with van der Waals surface area (Å²) in [6, 6.07) is 7.84. The summed E-state index contributed by atoms with van der Waals surface area (Å²) in [5.41, 5.74) is 0.880. The molecule has 0 aliphatic heterocycles. The molecule has 21 heavy (non-hydrogen) atoms. The molecule has 1 saturated carbocycles. The molecule has 1 aromatic heterocycles. The van der Waals surface area contributed by atoms with E-state index in [1.807, 2.05) is 24.3 Å². The first-order chi connectivity index (χ1) is 10.3. The van der Waals surface area contributed by atoms with Gasteiger partial charge in [0.05, 0.1) is 6.61 Å². The molecule has 112 valence electrons. The minimum Gasteiger partial charge on any atom is -0.477 e. The molecule has 0 spiro atoms. The summed E-state index contributed by atoms with van der Waals surface area (Å²) in [6.07, 6.45) is 2.60. The van der Waals surface area contributed by atoms with Crippen molar-refractivity contribution < 1.29 is 14.6 Å². The first kappa shape index (κ1) is 14.5. The molecule has 0 amide bonds. The quantitative estimate of drug-likeness (QED) is 0.736. The Labute approximate surface area is 127 Å². The van der Waals surface area contributed by atoms with E-state index >= 15 is 0 Å². The maximum atomic E-state index is 11.4. The molecule has 0 atom stereocenters. The molecular weight excluding hydrogens is 286 g/mol. The van der Waals surface area contributed by atoms with Crippen molar-refractivity contribution in [2.45, 2.75) is 19.4 Å². The van der Waals surface area contributed by atoms with E-state index in [1.54, 1.807) is 0 Å². The van der Waals surface area contributed by atoms with Gasteiger partial charge in [-0.25, -0.2) is 4.79 Å². The molecule has 2 N–H and O–H groups in total. The smallest absolute Gasteiger partial charge is 0.346 e. The van der Waals surface area contributed by atoms with E-state index in [4.69, 9.17) is 4.74 Å². The summed E-state index contributed by atoms with van der Waals surface area (Å²) < 4.78 is 6.59. The molecule has 2 aromatic rings. The molecule has 1 aromatic carbocycles. The van der Waals surface area contributed by atoms with Crippen LogP contribution in [0, 0.1) is 5.92 Å². The van der Waals surface area contributed by atoms with Crippen LogP contribution in [0.2, 0.25) is 0 Å². The van der Waals surface area contributed by atoms with Crippen molar-refractivity contribution in [3.63, 3.8) is 0 Å². The van der Waals surface area contributed by atoms with Gasteiger partial charge in [0, 0.05) is 24.4 Å². The summed E-state index contributed by atoms with van der Waals surface area (Å²) in [5, 5.41) is 13.7. The van der Waals surface area contributed by atoms with E-state index in [1.165, 1.54) is 24.2 Å². The van der Waals surface area contributed by atoms with Crippen LogP contribution in [-0.2, 0) is 11.3 Å². The molecule has 3 rings (SSSR count). The number of rotatable bonds is 8. The summed E-state index contributed by atoms with van der Waals surface area (Å²) >= 11 is 1.34. The molecule has 0 saturated heterocycles. The van der Waals surface area contributed by atoms with Crippen molar-refractivity contribution in [1.29, 1.82) is 0 Å². The fourth-order valence-electron chi connectivity index (χ4n) is 2.34. The van der Waals surface area contributed by atoms with Crippen molar-refractivity contribution in [3.8, 4) is 0 Å². The monoisotopic (exact) mass is 305 g/mol. The molecule has 0 radical (unpaired) electrons. The second-order valence-corrected chi connectivity index (χ2v) is 6.46. The van der Waals surface area contributed by atoms with Gasteiger partial charge in [-0.05, 0) is 35.8 Å². The molecule has 1 heterocycles. The van der Waals surface area contributed by atoms with E-state index in [0.29, 0.717) is 18.0 Å². The predicted molar refractivity (Wildman–Crippen MR) is 84.0 cm³/mol. The van der Waals surface area contributed by atoms with Gasteiger partial charge in [-0.2, -0.15) is 0 Å². The van der Waals surface area contributed by atoms with Crippen LogP contribution in [0.3, 0.4) is 0 Å². The van der Waals surface area contributed by atoms with Gasteiger partial charge in [-0.1, -0.05) is 18.2 Å². The van der Waals surface area contributed by atoms with Crippen molar-refractivity contribution >= 4 is 27.4 Å². The lowest BCUT2D eigenvalue weighted by molar-refractivity contribution is 0.0701. The minimum absolute atomic E-state index is 0.433. The van der Waals surface area contributed by atoms with Gasteiger partial charge in [0.25, 0.3) is 0 Å². The maximum Gasteiger partial charge on any atom is 0.346 e. The highest BCUT2D eigenvalue weighted by Gasteiger charge is 2.21. The highest BCUT2D eigenvalue weighted by Crippen LogP contribution is 2.31. The molecule has 0 unspecified atom stereocenters. The highest BCUT2D eigenvalue weighted by atomic mass is 32.1. The zero-order valence-corrected chi connectivity index (χ0v) is 12.6. The Hall–Kier alpha value is -1.43. The second kappa shape index (κ2) is 6.56. The number of carboxylic acid groups (broad SMARTS) is 1. The Bertz CT molecular complexity index is 633. The fraction of sp³-hybridized carbons (Fsp3) is 0.438. The summed E-state index contributed by atoms with van der Waals surface area (Å²) in [4.78, 5) is 11.8. The second-order valence-electron chi connectivity index (χ2n) is 5.41. The third-order valence-corrected chi connectivity index (χ3v) is 4.87. The van der Waals surface area contributed by atoms with Crippen molar-refractivity contribution in [3.05, 3.63) is 34.7 Å². The minimum atomic E-state index is -0.849. The van der Waals surface area contributed by atoms with Crippen LogP contribution in [0.4, 0.5) is 0 Å². The van der Waals surface area contributed by atoms with E-state index in [-0.39, 0.29) is 0 Å². The summed E-state index contributed by atoms with van der Waals surface area (Å²) in [5.74, 6) is -0.0672. The third-order valence-electron chi connectivity index (χ3n) is 3.67. The van der Waals surface area contributed by atoms with Crippen LogP contribution in [-0.4, -0.2) is 30.8 Å². The van der Waals surface area contributed by atoms with Gasteiger partial charge in [-0.3, -0.25) is 0 Å². The van der Waals surface area contributed by atoms with Gasteiger partial charge in [0.2, 0.25) is 0 Å². The molecular formula is C16H19NO3S. The fourth-order valence-corrected chi connectivity index (χ4v) is 3.40. The van der Waals surface area contributed by atoms with Gasteiger partial charge in [0.1, 0.15) is 4.88 Å². The van der Waals surface area contributed by atoms with Crippen LogP contribution in [0.25, 0.3) is 10.1 Å². The van der Waals surface area contributed by atoms with Gasteiger partial charge < -0.3 is 15.2 Å². The Morgan fingerprint density at radius 3 is 2.95 bits per heavy atom. The largest absolute Gasteiger partial charge is 0.477 e. The average Bonchev–Trinajstić information content (AvgIpc) is 3.22. The molecule has 5 heteroatoms. The van der Waals surface area contributed by atoms with Crippen molar-refractivity contribution in [2.75, 3.05) is 19.8 Å². The first-order valence-electron chi connectivity index (χ1n) is 7.28. The molecule has 1 aliphatic rings. The van der Waals surface area contributed by atoms with Gasteiger partial charge in [-0.15, -0.1) is 11.3 Å². The highest BCUT2D eigenvalue weighted by molar-refractivity contribution is 7.21. The lowest BCUT2D eigenvalue weighted by Crippen LogP contribution is -2.20. The number of carboxylic acids is 1. The van der Waals surface area contributed by atoms with Crippen molar-refractivity contribution in [2.24, 2.45) is 5.92 Å². The zero-order valence-electron chi connectivity index (χ0n) is 11.8. The number of thiophene rings is 1. The number of hydrogen-bond donors (Lipinski definition) is 2. The Morgan fingerprint density at radius 1 is 1.38 bits per heavy atom. The van der Waals surface area contributed by atoms with Crippen LogP contribution >= 0.6 is 11.3 Å². The Balaban J connectivity index is 1.59. The SMILES string of the molecule is O=C(O)c1sc2ccccc2c1CNCCOCC1CC1. The number of carbonyl (C=O) groups is 1. The number of ether oxygens (including phenoxy) is 1. The number of fused-ring (bicyclic) bond motifs is 1. The van der Waals surface area contributed by atoms with Crippen LogP contribution in [0.5, 0.6) is 0 Å². The van der Waals surface area contributed by atoms with Crippen molar-refractivity contribution in [1.82, 2.24) is 5.32 Å². The summed E-state index contributed by atoms with van der Waals surface area (Å²) in [7, 11) is 0. The van der Waals surface area contributed by atoms with E-state index in [2.05, 4.69) is 5.32 Å². The maximum absolute atomic E-state index is 11.4. The lowest BCUT2D eigenvalue weighted by Gasteiger charge is -2.06. The zero-order chi connectivity index (χ0) is 14.7. The first-order valence-corrected chi connectivity index (χ1v) is 8.09. The van der Waals surface area contributed by atoms with E-state index in [9.17, 15) is 9.90 Å². The number of nitrogens with one attached hydrogen (secondary N) is 1. The predicted octanol–water partition coefficient (Wildman–Crippen LogP) is 3.12. The third kappa shape index (κ3) is 3.61. The number of aromatic carboxylic acids is 1. The Morgan fingerprint density at radius 2 is 2.19 bits per heavy atom. The van der Waals surface area contributed by atoms with Crippen LogP contribution in [0.1, 0.15) is 28.1 Å². The molecule has 1 aliphatic carbocycles. The van der Waals surface area contributed by atoms with Crippen LogP contribution < -0.4 is 5.32 Å². The molecule has 4 nitrogen and oxygen atoms in total.